The van der Waals surface area contributed by atoms with E-state index in [1.807, 2.05) is 6.92 Å². The molecule has 1 fully saturated rings. The van der Waals surface area contributed by atoms with Gasteiger partial charge in [0.05, 0.1) is 6.10 Å². The van der Waals surface area contributed by atoms with Crippen molar-refractivity contribution < 1.29 is 4.74 Å². The number of likely N-dealkylation sites (N-methyl/N-ethyl adjacent to an activating group) is 1. The molecule has 2 unspecified atom stereocenters. The third-order valence-electron chi connectivity index (χ3n) is 3.90. The van der Waals surface area contributed by atoms with Crippen molar-refractivity contribution in [2.24, 2.45) is 5.73 Å². The molecule has 4 heteroatoms. The molecular weight excluding hydrogens is 226 g/mol. The smallest absolute Gasteiger partial charge is 0.0709 e. The minimum Gasteiger partial charge on any atom is -0.377 e. The SMILES string of the molecule is CCOC(CN)CCN1CCCN(C)CC1CC. The number of hydrogen-bond donors (Lipinski definition) is 1. The van der Waals surface area contributed by atoms with Crippen molar-refractivity contribution >= 4 is 0 Å². The van der Waals surface area contributed by atoms with Crippen LogP contribution < -0.4 is 5.73 Å². The van der Waals surface area contributed by atoms with E-state index in [0.29, 0.717) is 12.6 Å². The molecule has 2 N–H and O–H groups in total. The molecule has 0 saturated carbocycles. The summed E-state index contributed by atoms with van der Waals surface area (Å²) in [6.07, 6.45) is 3.79. The van der Waals surface area contributed by atoms with Crippen LogP contribution in [0.15, 0.2) is 0 Å². The average Bonchev–Trinajstić information content (AvgIpc) is 2.55. The zero-order chi connectivity index (χ0) is 13.4. The first-order chi connectivity index (χ1) is 8.71. The summed E-state index contributed by atoms with van der Waals surface area (Å²) in [7, 11) is 2.23. The van der Waals surface area contributed by atoms with Gasteiger partial charge in [0.25, 0.3) is 0 Å². The average molecular weight is 257 g/mol. The van der Waals surface area contributed by atoms with Crippen LogP contribution >= 0.6 is 0 Å². The van der Waals surface area contributed by atoms with Gasteiger partial charge in [-0.25, -0.2) is 0 Å². The summed E-state index contributed by atoms with van der Waals surface area (Å²) in [6.45, 7) is 10.5. The highest BCUT2D eigenvalue weighted by atomic mass is 16.5. The minimum atomic E-state index is 0.230. The van der Waals surface area contributed by atoms with E-state index in [9.17, 15) is 0 Å². The first kappa shape index (κ1) is 15.9. The lowest BCUT2D eigenvalue weighted by atomic mass is 10.1. The zero-order valence-electron chi connectivity index (χ0n) is 12.4. The highest BCUT2D eigenvalue weighted by molar-refractivity contribution is 4.78. The molecule has 0 spiro atoms. The van der Waals surface area contributed by atoms with Gasteiger partial charge in [0, 0.05) is 32.3 Å². The fourth-order valence-corrected chi connectivity index (χ4v) is 2.79. The molecule has 0 aromatic rings. The summed E-state index contributed by atoms with van der Waals surface area (Å²) < 4.78 is 5.64. The maximum atomic E-state index is 5.74. The summed E-state index contributed by atoms with van der Waals surface area (Å²) in [5.41, 5.74) is 5.74. The molecular formula is C14H31N3O. The third-order valence-corrected chi connectivity index (χ3v) is 3.90. The zero-order valence-corrected chi connectivity index (χ0v) is 12.4. The Bertz CT molecular complexity index is 213. The molecule has 0 radical (unpaired) electrons. The molecule has 4 nitrogen and oxygen atoms in total. The van der Waals surface area contributed by atoms with E-state index < -0.39 is 0 Å². The van der Waals surface area contributed by atoms with E-state index in [0.717, 1.165) is 19.6 Å². The normalized spacial score (nSPS) is 25.0. The second-order valence-electron chi connectivity index (χ2n) is 5.32. The molecule has 1 rings (SSSR count). The summed E-state index contributed by atoms with van der Waals surface area (Å²) in [6, 6.07) is 0.692. The molecule has 18 heavy (non-hydrogen) atoms. The standard InChI is InChI=1S/C14H31N3O/c1-4-13-12-16(3)8-6-9-17(13)10-7-14(11-15)18-5-2/h13-14H,4-12,15H2,1-3H3. The fraction of sp³-hybridized carbons (Fsp3) is 1.00. The Balaban J connectivity index is 2.42. The van der Waals surface area contributed by atoms with E-state index in [-0.39, 0.29) is 6.10 Å². The Labute approximate surface area is 112 Å². The van der Waals surface area contributed by atoms with Gasteiger partial charge in [-0.1, -0.05) is 6.92 Å². The Hall–Kier alpha value is -0.160. The Kier molecular flexibility index (Phi) is 7.82. The van der Waals surface area contributed by atoms with Gasteiger partial charge < -0.3 is 15.4 Å². The van der Waals surface area contributed by atoms with Crippen LogP contribution in [-0.4, -0.2) is 68.3 Å². The van der Waals surface area contributed by atoms with E-state index in [4.69, 9.17) is 10.5 Å². The van der Waals surface area contributed by atoms with Crippen molar-refractivity contribution in [1.29, 1.82) is 0 Å². The Morgan fingerprint density at radius 2 is 2.11 bits per heavy atom. The molecule has 1 aliphatic heterocycles. The van der Waals surface area contributed by atoms with E-state index in [1.165, 1.54) is 32.5 Å². The van der Waals surface area contributed by atoms with Gasteiger partial charge in [-0.05, 0) is 46.3 Å². The van der Waals surface area contributed by atoms with E-state index >= 15 is 0 Å². The number of nitrogens with two attached hydrogens (primary N) is 1. The Morgan fingerprint density at radius 3 is 2.72 bits per heavy atom. The summed E-state index contributed by atoms with van der Waals surface area (Å²) in [5.74, 6) is 0. The molecule has 1 heterocycles. The van der Waals surface area contributed by atoms with Crippen molar-refractivity contribution in [3.63, 3.8) is 0 Å². The monoisotopic (exact) mass is 257 g/mol. The lowest BCUT2D eigenvalue weighted by Crippen LogP contribution is -2.41. The number of rotatable bonds is 7. The van der Waals surface area contributed by atoms with Crippen molar-refractivity contribution in [2.45, 2.75) is 45.3 Å². The molecule has 2 atom stereocenters. The molecule has 0 amide bonds. The molecule has 0 aromatic heterocycles. The lowest BCUT2D eigenvalue weighted by Gasteiger charge is -2.31. The van der Waals surface area contributed by atoms with Gasteiger partial charge >= 0.3 is 0 Å². The van der Waals surface area contributed by atoms with Crippen LogP contribution in [0.4, 0.5) is 0 Å². The lowest BCUT2D eigenvalue weighted by molar-refractivity contribution is 0.0494. The van der Waals surface area contributed by atoms with Crippen LogP contribution in [0.1, 0.15) is 33.1 Å². The number of ether oxygens (including phenoxy) is 1. The van der Waals surface area contributed by atoms with Crippen molar-refractivity contribution in [3.8, 4) is 0 Å². The predicted molar refractivity (Wildman–Crippen MR) is 76.9 cm³/mol. The van der Waals surface area contributed by atoms with Crippen LogP contribution in [0.3, 0.4) is 0 Å². The maximum absolute atomic E-state index is 5.74. The molecule has 1 saturated heterocycles. The third kappa shape index (κ3) is 5.22. The van der Waals surface area contributed by atoms with Gasteiger partial charge in [-0.15, -0.1) is 0 Å². The van der Waals surface area contributed by atoms with Gasteiger partial charge in [-0.2, -0.15) is 0 Å². The van der Waals surface area contributed by atoms with Gasteiger partial charge in [-0.3, -0.25) is 4.90 Å². The van der Waals surface area contributed by atoms with Gasteiger partial charge in [0.1, 0.15) is 0 Å². The minimum absolute atomic E-state index is 0.230. The Morgan fingerprint density at radius 1 is 1.33 bits per heavy atom. The van der Waals surface area contributed by atoms with Crippen molar-refractivity contribution in [1.82, 2.24) is 9.80 Å². The van der Waals surface area contributed by atoms with Gasteiger partial charge in [0.15, 0.2) is 0 Å². The van der Waals surface area contributed by atoms with Gasteiger partial charge in [0.2, 0.25) is 0 Å². The molecule has 0 aliphatic carbocycles. The summed E-state index contributed by atoms with van der Waals surface area (Å²) in [5, 5.41) is 0. The van der Waals surface area contributed by atoms with Crippen LogP contribution in [-0.2, 0) is 4.74 Å². The first-order valence-electron chi connectivity index (χ1n) is 7.45. The van der Waals surface area contributed by atoms with Crippen LogP contribution in [0.2, 0.25) is 0 Å². The second kappa shape index (κ2) is 8.86. The topological polar surface area (TPSA) is 41.7 Å². The predicted octanol–water partition coefficient (Wildman–Crippen LogP) is 1.16. The van der Waals surface area contributed by atoms with E-state index in [1.54, 1.807) is 0 Å². The summed E-state index contributed by atoms with van der Waals surface area (Å²) >= 11 is 0. The molecule has 108 valence electrons. The molecule has 0 bridgehead atoms. The molecule has 1 aliphatic rings. The first-order valence-corrected chi connectivity index (χ1v) is 7.45. The fourth-order valence-electron chi connectivity index (χ4n) is 2.79. The number of hydrogen-bond acceptors (Lipinski definition) is 4. The van der Waals surface area contributed by atoms with E-state index in [2.05, 4.69) is 23.8 Å². The molecule has 0 aromatic carbocycles. The van der Waals surface area contributed by atoms with Crippen molar-refractivity contribution in [3.05, 3.63) is 0 Å². The van der Waals surface area contributed by atoms with Crippen LogP contribution in [0, 0.1) is 0 Å². The second-order valence-corrected chi connectivity index (χ2v) is 5.32. The quantitative estimate of drug-likeness (QED) is 0.743. The van der Waals surface area contributed by atoms with Crippen LogP contribution in [0.25, 0.3) is 0 Å². The largest absolute Gasteiger partial charge is 0.377 e. The maximum Gasteiger partial charge on any atom is 0.0709 e. The van der Waals surface area contributed by atoms with Crippen LogP contribution in [0.5, 0.6) is 0 Å². The highest BCUT2D eigenvalue weighted by Gasteiger charge is 2.22. The highest BCUT2D eigenvalue weighted by Crippen LogP contribution is 2.13. The summed E-state index contributed by atoms with van der Waals surface area (Å²) in [4.78, 5) is 5.09. The van der Waals surface area contributed by atoms with Crippen molar-refractivity contribution in [2.75, 3.05) is 46.4 Å². The number of nitrogens with zero attached hydrogens (tertiary/aromatic N) is 2.